The number of nitrogens with zero attached hydrogens (tertiary/aromatic N) is 1. The number of anilines is 1. The van der Waals surface area contributed by atoms with Crippen LogP contribution in [0.5, 0.6) is 5.88 Å². The van der Waals surface area contributed by atoms with Gasteiger partial charge in [-0.05, 0) is 38.1 Å². The lowest BCUT2D eigenvalue weighted by molar-refractivity contribution is 0.327. The van der Waals surface area contributed by atoms with E-state index in [9.17, 15) is 8.78 Å². The lowest BCUT2D eigenvalue weighted by Gasteiger charge is -2.16. The Kier molecular flexibility index (Phi) is 4.50. The number of nitrogens with one attached hydrogen (secondary N) is 1. The average Bonchev–Trinajstić information content (AvgIpc) is 2.44. The Morgan fingerprint density at radius 1 is 1.25 bits per heavy atom. The highest BCUT2D eigenvalue weighted by Gasteiger charge is 2.12. The molecule has 1 N–H and O–H groups in total. The van der Waals surface area contributed by atoms with Crippen LogP contribution in [0.15, 0.2) is 36.5 Å². The minimum Gasteiger partial charge on any atom is -0.478 e. The molecule has 0 amide bonds. The normalized spacial score (nSPS) is 12.0. The van der Waals surface area contributed by atoms with Crippen molar-refractivity contribution in [1.82, 2.24) is 4.98 Å². The van der Waals surface area contributed by atoms with Crippen molar-refractivity contribution in [1.29, 1.82) is 0 Å². The van der Waals surface area contributed by atoms with Crippen molar-refractivity contribution in [2.24, 2.45) is 0 Å². The zero-order valence-electron chi connectivity index (χ0n) is 11.4. The summed E-state index contributed by atoms with van der Waals surface area (Å²) in [6.07, 6.45) is 1.60. The van der Waals surface area contributed by atoms with Gasteiger partial charge >= 0.3 is 0 Å². The zero-order valence-corrected chi connectivity index (χ0v) is 11.4. The van der Waals surface area contributed by atoms with E-state index < -0.39 is 11.6 Å². The van der Waals surface area contributed by atoms with Crippen LogP contribution in [0.3, 0.4) is 0 Å². The Balaban J connectivity index is 2.10. The van der Waals surface area contributed by atoms with Crippen LogP contribution in [0.4, 0.5) is 14.5 Å². The highest BCUT2D eigenvalue weighted by Crippen LogP contribution is 2.23. The van der Waals surface area contributed by atoms with Gasteiger partial charge in [0.25, 0.3) is 0 Å². The molecule has 2 rings (SSSR count). The number of pyridine rings is 1. The van der Waals surface area contributed by atoms with Gasteiger partial charge in [0.05, 0.1) is 24.5 Å². The molecule has 106 valence electrons. The fourth-order valence-corrected chi connectivity index (χ4v) is 1.87. The number of aromatic nitrogens is 1. The molecule has 1 aromatic heterocycles. The van der Waals surface area contributed by atoms with Crippen molar-refractivity contribution in [2.75, 3.05) is 11.9 Å². The number of rotatable bonds is 5. The highest BCUT2D eigenvalue weighted by atomic mass is 19.1. The molecule has 0 aliphatic rings. The van der Waals surface area contributed by atoms with Gasteiger partial charge < -0.3 is 10.1 Å². The van der Waals surface area contributed by atoms with Crippen molar-refractivity contribution in [3.8, 4) is 5.88 Å². The number of halogens is 2. The molecule has 3 nitrogen and oxygen atoms in total. The molecule has 2 aromatic rings. The van der Waals surface area contributed by atoms with Crippen LogP contribution >= 0.6 is 0 Å². The minimum atomic E-state index is -0.458. The molecule has 0 spiro atoms. The largest absolute Gasteiger partial charge is 0.478 e. The lowest BCUT2D eigenvalue weighted by Crippen LogP contribution is -2.09. The first-order valence-electron chi connectivity index (χ1n) is 6.40. The Labute approximate surface area is 116 Å². The van der Waals surface area contributed by atoms with E-state index in [0.717, 1.165) is 12.1 Å². The molecular weight excluding hydrogens is 262 g/mol. The maximum atomic E-state index is 13.6. The van der Waals surface area contributed by atoms with Crippen molar-refractivity contribution in [2.45, 2.75) is 19.9 Å². The Bertz CT molecular complexity index is 573. The summed E-state index contributed by atoms with van der Waals surface area (Å²) in [6, 6.07) is 6.55. The van der Waals surface area contributed by atoms with Crippen LogP contribution in [0.25, 0.3) is 0 Å². The molecule has 5 heteroatoms. The van der Waals surface area contributed by atoms with Crippen LogP contribution in [0, 0.1) is 11.6 Å². The summed E-state index contributed by atoms with van der Waals surface area (Å²) in [7, 11) is 0. The molecule has 0 aliphatic carbocycles. The van der Waals surface area contributed by atoms with Crippen molar-refractivity contribution in [3.05, 3.63) is 53.7 Å². The van der Waals surface area contributed by atoms with Crippen molar-refractivity contribution < 1.29 is 13.5 Å². The topological polar surface area (TPSA) is 34.1 Å². The van der Waals surface area contributed by atoms with Gasteiger partial charge in [0.2, 0.25) is 5.88 Å². The molecule has 0 saturated carbocycles. The Morgan fingerprint density at radius 3 is 2.70 bits per heavy atom. The fraction of sp³-hybridized carbons (Fsp3) is 0.267. The molecular formula is C15H16F2N2O. The van der Waals surface area contributed by atoms with Crippen molar-refractivity contribution >= 4 is 5.69 Å². The Morgan fingerprint density at radius 2 is 2.05 bits per heavy atom. The van der Waals surface area contributed by atoms with Gasteiger partial charge in [-0.1, -0.05) is 0 Å². The van der Waals surface area contributed by atoms with Crippen LogP contribution in [0.1, 0.15) is 25.5 Å². The number of hydrogen-bond donors (Lipinski definition) is 1. The second-order valence-electron chi connectivity index (χ2n) is 4.35. The number of hydrogen-bond acceptors (Lipinski definition) is 3. The summed E-state index contributed by atoms with van der Waals surface area (Å²) in [6.45, 7) is 4.18. The van der Waals surface area contributed by atoms with Gasteiger partial charge in [-0.25, -0.2) is 13.8 Å². The van der Waals surface area contributed by atoms with Crippen LogP contribution in [-0.4, -0.2) is 11.6 Å². The van der Waals surface area contributed by atoms with E-state index >= 15 is 0 Å². The maximum Gasteiger partial charge on any atom is 0.213 e. The first kappa shape index (κ1) is 14.2. The monoisotopic (exact) mass is 278 g/mol. The lowest BCUT2D eigenvalue weighted by atomic mass is 10.1. The molecule has 0 saturated heterocycles. The SMILES string of the molecule is CCOc1ccc(NC(C)c2cc(F)ccc2F)cn1. The summed E-state index contributed by atoms with van der Waals surface area (Å²) >= 11 is 0. The quantitative estimate of drug-likeness (QED) is 0.899. The fourth-order valence-electron chi connectivity index (χ4n) is 1.87. The van der Waals surface area contributed by atoms with E-state index in [4.69, 9.17) is 4.74 Å². The van der Waals surface area contributed by atoms with E-state index in [1.807, 2.05) is 6.92 Å². The molecule has 1 aromatic carbocycles. The third kappa shape index (κ3) is 3.44. The third-order valence-corrected chi connectivity index (χ3v) is 2.84. The molecule has 20 heavy (non-hydrogen) atoms. The van der Waals surface area contributed by atoms with E-state index in [2.05, 4.69) is 10.3 Å². The summed E-state index contributed by atoms with van der Waals surface area (Å²) in [5, 5.41) is 3.07. The summed E-state index contributed by atoms with van der Waals surface area (Å²) in [4.78, 5) is 4.10. The third-order valence-electron chi connectivity index (χ3n) is 2.84. The maximum absolute atomic E-state index is 13.6. The average molecular weight is 278 g/mol. The first-order valence-corrected chi connectivity index (χ1v) is 6.40. The van der Waals surface area contributed by atoms with Gasteiger partial charge in [0.15, 0.2) is 0 Å². The van der Waals surface area contributed by atoms with Crippen LogP contribution < -0.4 is 10.1 Å². The number of benzene rings is 1. The molecule has 0 fully saturated rings. The van der Waals surface area contributed by atoms with E-state index in [1.54, 1.807) is 25.3 Å². The summed E-state index contributed by atoms with van der Waals surface area (Å²) in [5.74, 6) is -0.368. The van der Waals surface area contributed by atoms with E-state index in [-0.39, 0.29) is 11.6 Å². The van der Waals surface area contributed by atoms with Gasteiger partial charge in [-0.15, -0.1) is 0 Å². The Hall–Kier alpha value is -2.17. The predicted molar refractivity (Wildman–Crippen MR) is 73.8 cm³/mol. The smallest absolute Gasteiger partial charge is 0.213 e. The second kappa shape index (κ2) is 6.32. The van der Waals surface area contributed by atoms with Crippen molar-refractivity contribution in [3.63, 3.8) is 0 Å². The summed E-state index contributed by atoms with van der Waals surface area (Å²) in [5.41, 5.74) is 0.989. The van der Waals surface area contributed by atoms with Crippen LogP contribution in [-0.2, 0) is 0 Å². The standard InChI is InChI=1S/C15H16F2N2O/c1-3-20-15-7-5-12(9-18-15)19-10(2)13-8-11(16)4-6-14(13)17/h4-10,19H,3H2,1-2H3. The second-order valence-corrected chi connectivity index (χ2v) is 4.35. The molecule has 1 unspecified atom stereocenters. The molecule has 0 radical (unpaired) electrons. The molecule has 0 aliphatic heterocycles. The van der Waals surface area contributed by atoms with Gasteiger partial charge in [0, 0.05) is 11.6 Å². The zero-order chi connectivity index (χ0) is 14.5. The first-order chi connectivity index (χ1) is 9.60. The van der Waals surface area contributed by atoms with Crippen LogP contribution in [0.2, 0.25) is 0 Å². The summed E-state index contributed by atoms with van der Waals surface area (Å²) < 4.78 is 32.0. The van der Waals surface area contributed by atoms with Gasteiger partial charge in [-0.2, -0.15) is 0 Å². The molecule has 1 atom stereocenters. The van der Waals surface area contributed by atoms with Gasteiger partial charge in [-0.3, -0.25) is 0 Å². The minimum absolute atomic E-state index is 0.277. The van der Waals surface area contributed by atoms with Gasteiger partial charge in [0.1, 0.15) is 11.6 Å². The molecule has 0 bridgehead atoms. The molecule has 1 heterocycles. The number of ether oxygens (including phenoxy) is 1. The van der Waals surface area contributed by atoms with E-state index in [1.165, 1.54) is 6.07 Å². The highest BCUT2D eigenvalue weighted by molar-refractivity contribution is 5.44. The van der Waals surface area contributed by atoms with E-state index in [0.29, 0.717) is 18.2 Å². The predicted octanol–water partition coefficient (Wildman–Crippen LogP) is 3.93.